The number of esters is 1. The minimum Gasteiger partial charge on any atom is -0.491 e. The van der Waals surface area contributed by atoms with E-state index in [0.717, 1.165) is 12.8 Å². The van der Waals surface area contributed by atoms with Crippen LogP contribution in [0.2, 0.25) is 0 Å². The number of carbonyl (C=O) groups is 1. The van der Waals surface area contributed by atoms with Crippen molar-refractivity contribution in [1.29, 1.82) is 0 Å². The molecular formula is C22H27FO3. The summed E-state index contributed by atoms with van der Waals surface area (Å²) in [4.78, 5) is 12.1. The Hall–Kier alpha value is -2.36. The highest BCUT2D eigenvalue weighted by Crippen LogP contribution is 2.17. The van der Waals surface area contributed by atoms with Crippen LogP contribution in [-0.2, 0) is 0 Å². The summed E-state index contributed by atoms with van der Waals surface area (Å²) in [6.45, 7) is 2.21. The second kappa shape index (κ2) is 11.3. The van der Waals surface area contributed by atoms with Crippen molar-refractivity contribution in [2.75, 3.05) is 6.61 Å². The molecule has 0 heterocycles. The predicted molar refractivity (Wildman–Crippen MR) is 102 cm³/mol. The van der Waals surface area contributed by atoms with Crippen molar-refractivity contribution in [1.82, 2.24) is 0 Å². The second-order valence-corrected chi connectivity index (χ2v) is 6.34. The lowest BCUT2D eigenvalue weighted by Gasteiger charge is -2.11. The zero-order chi connectivity index (χ0) is 18.6. The van der Waals surface area contributed by atoms with Crippen LogP contribution < -0.4 is 9.47 Å². The van der Waals surface area contributed by atoms with E-state index in [1.54, 1.807) is 48.5 Å². The Morgan fingerprint density at radius 3 is 2.31 bits per heavy atom. The topological polar surface area (TPSA) is 35.5 Å². The van der Waals surface area contributed by atoms with E-state index in [4.69, 9.17) is 9.47 Å². The first kappa shape index (κ1) is 20.0. The Balaban J connectivity index is 1.72. The molecule has 0 aromatic heterocycles. The van der Waals surface area contributed by atoms with Gasteiger partial charge in [-0.25, -0.2) is 9.18 Å². The molecule has 0 radical (unpaired) electrons. The van der Waals surface area contributed by atoms with Gasteiger partial charge in [0.15, 0.2) is 0 Å². The van der Waals surface area contributed by atoms with Gasteiger partial charge in [-0.15, -0.1) is 0 Å². The molecule has 0 aliphatic heterocycles. The molecule has 2 rings (SSSR count). The van der Waals surface area contributed by atoms with Crippen molar-refractivity contribution in [3.05, 3.63) is 60.2 Å². The number of halogens is 1. The molecule has 0 aliphatic carbocycles. The lowest BCUT2D eigenvalue weighted by molar-refractivity contribution is 0.0734. The number of hydrogen-bond acceptors (Lipinski definition) is 3. The standard InChI is InChI=1S/C22H27FO3/c1-2-3-4-5-7-10-19(23)17-25-20-15-13-18(14-16-20)22(24)26-21-11-8-6-9-12-21/h6,8-9,11-16,19H,2-5,7,10,17H2,1H3. The van der Waals surface area contributed by atoms with E-state index in [1.165, 1.54) is 19.3 Å². The Morgan fingerprint density at radius 2 is 1.62 bits per heavy atom. The summed E-state index contributed by atoms with van der Waals surface area (Å²) in [5.41, 5.74) is 0.425. The quantitative estimate of drug-likeness (QED) is 0.281. The van der Waals surface area contributed by atoms with Gasteiger partial charge in [0.05, 0.1) is 5.56 Å². The third kappa shape index (κ3) is 7.26. The van der Waals surface area contributed by atoms with Gasteiger partial charge >= 0.3 is 5.97 Å². The van der Waals surface area contributed by atoms with Gasteiger partial charge in [-0.3, -0.25) is 0 Å². The first-order valence-electron chi connectivity index (χ1n) is 9.33. The molecule has 0 fully saturated rings. The summed E-state index contributed by atoms with van der Waals surface area (Å²) in [7, 11) is 0. The normalized spacial score (nSPS) is 11.8. The number of rotatable bonds is 11. The maximum absolute atomic E-state index is 13.8. The number of hydrogen-bond donors (Lipinski definition) is 0. The van der Waals surface area contributed by atoms with Crippen LogP contribution in [0.1, 0.15) is 55.8 Å². The van der Waals surface area contributed by atoms with Gasteiger partial charge in [0.1, 0.15) is 24.3 Å². The van der Waals surface area contributed by atoms with E-state index >= 15 is 0 Å². The van der Waals surface area contributed by atoms with Crippen molar-refractivity contribution in [2.24, 2.45) is 0 Å². The first-order chi connectivity index (χ1) is 12.7. The van der Waals surface area contributed by atoms with Gasteiger partial charge in [0.25, 0.3) is 0 Å². The summed E-state index contributed by atoms with van der Waals surface area (Å²) in [5.74, 6) is 0.616. The number of ether oxygens (including phenoxy) is 2. The van der Waals surface area contributed by atoms with E-state index < -0.39 is 12.1 Å². The zero-order valence-corrected chi connectivity index (χ0v) is 15.3. The van der Waals surface area contributed by atoms with Crippen LogP contribution in [0.5, 0.6) is 11.5 Å². The Labute approximate surface area is 155 Å². The average Bonchev–Trinajstić information content (AvgIpc) is 2.67. The molecule has 0 spiro atoms. The van der Waals surface area contributed by atoms with Gasteiger partial charge in [-0.05, 0) is 42.8 Å². The van der Waals surface area contributed by atoms with Gasteiger partial charge in [-0.2, -0.15) is 0 Å². The Kier molecular flexibility index (Phi) is 8.67. The lowest BCUT2D eigenvalue weighted by Crippen LogP contribution is -2.13. The van der Waals surface area contributed by atoms with Crippen molar-refractivity contribution >= 4 is 5.97 Å². The monoisotopic (exact) mass is 358 g/mol. The van der Waals surface area contributed by atoms with Crippen molar-refractivity contribution in [3.8, 4) is 11.5 Å². The smallest absolute Gasteiger partial charge is 0.343 e. The molecule has 1 unspecified atom stereocenters. The highest BCUT2D eigenvalue weighted by Gasteiger charge is 2.10. The number of carbonyl (C=O) groups excluding carboxylic acids is 1. The molecule has 0 saturated heterocycles. The summed E-state index contributed by atoms with van der Waals surface area (Å²) in [6.07, 6.45) is 5.13. The molecule has 0 amide bonds. The molecule has 140 valence electrons. The predicted octanol–water partition coefficient (Wildman–Crippen LogP) is 5.98. The third-order valence-electron chi connectivity index (χ3n) is 4.10. The van der Waals surface area contributed by atoms with E-state index in [-0.39, 0.29) is 6.61 Å². The number of benzene rings is 2. The number of alkyl halides is 1. The number of unbranched alkanes of at least 4 members (excludes halogenated alkanes) is 4. The molecule has 26 heavy (non-hydrogen) atoms. The van der Waals surface area contributed by atoms with Crippen LogP contribution in [0.4, 0.5) is 4.39 Å². The van der Waals surface area contributed by atoms with Gasteiger partial charge in [0, 0.05) is 0 Å². The van der Waals surface area contributed by atoms with Crippen LogP contribution in [0.25, 0.3) is 0 Å². The van der Waals surface area contributed by atoms with Crippen LogP contribution in [0, 0.1) is 0 Å². The van der Waals surface area contributed by atoms with Crippen molar-refractivity contribution in [3.63, 3.8) is 0 Å². The maximum Gasteiger partial charge on any atom is 0.343 e. The summed E-state index contributed by atoms with van der Waals surface area (Å²) < 4.78 is 24.6. The fraction of sp³-hybridized carbons (Fsp3) is 0.409. The van der Waals surface area contributed by atoms with Crippen LogP contribution in [0.3, 0.4) is 0 Å². The molecule has 0 bridgehead atoms. The first-order valence-corrected chi connectivity index (χ1v) is 9.33. The average molecular weight is 358 g/mol. The highest BCUT2D eigenvalue weighted by atomic mass is 19.1. The SMILES string of the molecule is CCCCCCCC(F)COc1ccc(C(=O)Oc2ccccc2)cc1. The molecule has 4 heteroatoms. The molecule has 2 aromatic rings. The van der Waals surface area contributed by atoms with Crippen molar-refractivity contribution in [2.45, 2.75) is 51.6 Å². The third-order valence-corrected chi connectivity index (χ3v) is 4.10. The minimum absolute atomic E-state index is 0.0432. The molecule has 2 aromatic carbocycles. The molecule has 1 atom stereocenters. The van der Waals surface area contributed by atoms with Gasteiger partial charge in [0.2, 0.25) is 0 Å². The Bertz CT molecular complexity index is 640. The van der Waals surface area contributed by atoms with Crippen LogP contribution in [-0.4, -0.2) is 18.7 Å². The fourth-order valence-corrected chi connectivity index (χ4v) is 2.58. The molecular weight excluding hydrogens is 331 g/mol. The Morgan fingerprint density at radius 1 is 0.923 bits per heavy atom. The molecule has 0 N–H and O–H groups in total. The van der Waals surface area contributed by atoms with Crippen molar-refractivity contribution < 1.29 is 18.7 Å². The number of para-hydroxylation sites is 1. The molecule has 3 nitrogen and oxygen atoms in total. The zero-order valence-electron chi connectivity index (χ0n) is 15.3. The second-order valence-electron chi connectivity index (χ2n) is 6.34. The van der Waals surface area contributed by atoms with Gasteiger partial charge < -0.3 is 9.47 Å². The van der Waals surface area contributed by atoms with Crippen LogP contribution in [0.15, 0.2) is 54.6 Å². The summed E-state index contributed by atoms with van der Waals surface area (Å²) >= 11 is 0. The van der Waals surface area contributed by atoms with E-state index in [9.17, 15) is 9.18 Å². The van der Waals surface area contributed by atoms with E-state index in [0.29, 0.717) is 23.5 Å². The van der Waals surface area contributed by atoms with Crippen LogP contribution >= 0.6 is 0 Å². The highest BCUT2D eigenvalue weighted by molar-refractivity contribution is 5.91. The van der Waals surface area contributed by atoms with Gasteiger partial charge in [-0.1, -0.05) is 57.2 Å². The lowest BCUT2D eigenvalue weighted by atomic mass is 10.1. The van der Waals surface area contributed by atoms with E-state index in [1.807, 2.05) is 6.07 Å². The molecule has 0 saturated carbocycles. The minimum atomic E-state index is -0.959. The molecule has 0 aliphatic rings. The summed E-state index contributed by atoms with van der Waals surface area (Å²) in [5, 5.41) is 0. The summed E-state index contributed by atoms with van der Waals surface area (Å²) in [6, 6.07) is 15.5. The van der Waals surface area contributed by atoms with E-state index in [2.05, 4.69) is 6.92 Å². The largest absolute Gasteiger partial charge is 0.491 e. The maximum atomic E-state index is 13.8. The fourth-order valence-electron chi connectivity index (χ4n) is 2.58.